The first-order valence-corrected chi connectivity index (χ1v) is 10.2. The van der Waals surface area contributed by atoms with E-state index in [0.29, 0.717) is 16.3 Å². The summed E-state index contributed by atoms with van der Waals surface area (Å²) >= 11 is 5.87. The molecular weight excluding hydrogens is 438 g/mol. The monoisotopic (exact) mass is 461 g/mol. The molecule has 170 valence electrons. The Morgan fingerprint density at radius 2 is 1.66 bits per heavy atom. The molecule has 10 heteroatoms. The van der Waals surface area contributed by atoms with E-state index in [2.05, 4.69) is 5.32 Å². The number of carbonyl (C=O) groups is 4. The second-order valence-electron chi connectivity index (χ2n) is 6.60. The average molecular weight is 462 g/mol. The van der Waals surface area contributed by atoms with Gasteiger partial charge in [-0.3, -0.25) is 19.3 Å². The number of carbonyl (C=O) groups excluding carboxylic acids is 4. The molecule has 2 aromatic rings. The van der Waals surface area contributed by atoms with Crippen molar-refractivity contribution >= 4 is 41.2 Å². The Hall–Kier alpha value is -3.59. The van der Waals surface area contributed by atoms with Crippen LogP contribution in [0.2, 0.25) is 5.02 Å². The predicted octanol–water partition coefficient (Wildman–Crippen LogP) is 2.58. The fourth-order valence-corrected chi connectivity index (χ4v) is 2.96. The highest BCUT2D eigenvalue weighted by Gasteiger charge is 2.23. The number of nitrogens with one attached hydrogen (secondary N) is 1. The Labute approximate surface area is 190 Å². The largest absolute Gasteiger partial charge is 0.465 e. The van der Waals surface area contributed by atoms with Crippen LogP contribution in [0.1, 0.15) is 24.9 Å². The molecule has 0 bridgehead atoms. The highest BCUT2D eigenvalue weighted by molar-refractivity contribution is 6.30. The Balaban J connectivity index is 2.03. The minimum atomic E-state index is -0.821. The van der Waals surface area contributed by atoms with Gasteiger partial charge < -0.3 is 20.5 Å². The van der Waals surface area contributed by atoms with E-state index >= 15 is 0 Å². The molecule has 2 rings (SSSR count). The molecule has 0 spiro atoms. The number of esters is 2. The number of primary amides is 1. The molecule has 0 aliphatic heterocycles. The Bertz CT molecular complexity index is 936. The molecular formula is C22H24ClN3O6. The first kappa shape index (κ1) is 24.7. The molecule has 0 saturated heterocycles. The summed E-state index contributed by atoms with van der Waals surface area (Å²) < 4.78 is 10.0. The summed E-state index contributed by atoms with van der Waals surface area (Å²) in [6, 6.07) is 13.4. The van der Waals surface area contributed by atoms with Crippen molar-refractivity contribution in [2.45, 2.75) is 19.4 Å². The number of nitrogens with zero attached hydrogens (tertiary/aromatic N) is 1. The third-order valence-corrected chi connectivity index (χ3v) is 4.53. The van der Waals surface area contributed by atoms with Crippen LogP contribution in [-0.4, -0.2) is 43.6 Å². The summed E-state index contributed by atoms with van der Waals surface area (Å²) in [4.78, 5) is 49.5. The maximum Gasteiger partial charge on any atom is 0.326 e. The van der Waals surface area contributed by atoms with Gasteiger partial charge in [-0.2, -0.15) is 0 Å². The van der Waals surface area contributed by atoms with E-state index in [0.717, 1.165) is 0 Å². The van der Waals surface area contributed by atoms with E-state index in [1.54, 1.807) is 61.5 Å². The van der Waals surface area contributed by atoms with Crippen LogP contribution in [-0.2, 0) is 23.9 Å². The van der Waals surface area contributed by atoms with Crippen molar-refractivity contribution in [3.05, 3.63) is 65.2 Å². The third kappa shape index (κ3) is 7.92. The van der Waals surface area contributed by atoms with Crippen LogP contribution in [0.3, 0.4) is 0 Å². The summed E-state index contributed by atoms with van der Waals surface area (Å²) in [7, 11) is 0. The van der Waals surface area contributed by atoms with Gasteiger partial charge in [0.2, 0.25) is 0 Å². The van der Waals surface area contributed by atoms with Gasteiger partial charge in [-0.15, -0.1) is 0 Å². The minimum absolute atomic E-state index is 0.170. The molecule has 0 radical (unpaired) electrons. The lowest BCUT2D eigenvalue weighted by atomic mass is 10.0. The SMILES string of the molecule is CCOC(=O)CN(C(=O)COC(=O)C[C@@H](NC(N)=O)c1ccc(Cl)cc1)c1ccccc1. The number of rotatable bonds is 10. The van der Waals surface area contributed by atoms with Crippen LogP contribution in [0, 0.1) is 0 Å². The number of ether oxygens (including phenoxy) is 2. The van der Waals surface area contributed by atoms with Crippen LogP contribution in [0.25, 0.3) is 0 Å². The van der Waals surface area contributed by atoms with E-state index in [4.69, 9.17) is 26.8 Å². The molecule has 0 fully saturated rings. The molecule has 0 aliphatic carbocycles. The lowest BCUT2D eigenvalue weighted by molar-refractivity contribution is -0.148. The second kappa shape index (κ2) is 12.3. The number of para-hydroxylation sites is 1. The number of hydrogen-bond acceptors (Lipinski definition) is 6. The standard InChI is InChI=1S/C22H24ClN3O6/c1-2-31-21(29)13-26(17-6-4-3-5-7-17)19(27)14-32-20(28)12-18(25-22(24)30)15-8-10-16(23)11-9-15/h3-11,18H,2,12-14H2,1H3,(H3,24,25,30)/t18-/m1/s1. The third-order valence-electron chi connectivity index (χ3n) is 4.28. The molecule has 9 nitrogen and oxygen atoms in total. The molecule has 0 aliphatic rings. The molecule has 3 amide bonds. The van der Waals surface area contributed by atoms with Crippen molar-refractivity contribution in [1.29, 1.82) is 0 Å². The van der Waals surface area contributed by atoms with Crippen molar-refractivity contribution in [3.63, 3.8) is 0 Å². The first-order chi connectivity index (χ1) is 15.3. The van der Waals surface area contributed by atoms with Crippen molar-refractivity contribution in [3.8, 4) is 0 Å². The van der Waals surface area contributed by atoms with Crippen LogP contribution >= 0.6 is 11.6 Å². The Kier molecular flexibility index (Phi) is 9.49. The number of amides is 3. The Morgan fingerprint density at radius 1 is 1.00 bits per heavy atom. The topological polar surface area (TPSA) is 128 Å². The lowest BCUT2D eigenvalue weighted by Crippen LogP contribution is -2.39. The van der Waals surface area contributed by atoms with E-state index in [-0.39, 0.29) is 19.6 Å². The lowest BCUT2D eigenvalue weighted by Gasteiger charge is -2.22. The highest BCUT2D eigenvalue weighted by Crippen LogP contribution is 2.20. The van der Waals surface area contributed by atoms with E-state index in [1.807, 2.05) is 0 Å². The molecule has 3 N–H and O–H groups in total. The van der Waals surface area contributed by atoms with Crippen LogP contribution < -0.4 is 16.0 Å². The van der Waals surface area contributed by atoms with Gasteiger partial charge in [-0.1, -0.05) is 41.9 Å². The van der Waals surface area contributed by atoms with Crippen LogP contribution in [0.15, 0.2) is 54.6 Å². The maximum atomic E-state index is 12.7. The molecule has 0 saturated carbocycles. The quantitative estimate of drug-likeness (QED) is 0.523. The number of nitrogens with two attached hydrogens (primary N) is 1. The summed E-state index contributed by atoms with van der Waals surface area (Å²) in [6.07, 6.45) is -0.263. The van der Waals surface area contributed by atoms with Crippen molar-refractivity contribution in [1.82, 2.24) is 5.32 Å². The smallest absolute Gasteiger partial charge is 0.326 e. The van der Waals surface area contributed by atoms with Crippen molar-refractivity contribution < 1.29 is 28.7 Å². The summed E-state index contributed by atoms with van der Waals surface area (Å²) in [5.74, 6) is -1.94. The summed E-state index contributed by atoms with van der Waals surface area (Å²) in [5.41, 5.74) is 6.24. The first-order valence-electron chi connectivity index (χ1n) is 9.78. The van der Waals surface area contributed by atoms with Gasteiger partial charge in [-0.25, -0.2) is 4.79 Å². The van der Waals surface area contributed by atoms with Crippen molar-refractivity contribution in [2.75, 3.05) is 24.7 Å². The zero-order valence-electron chi connectivity index (χ0n) is 17.5. The molecule has 32 heavy (non-hydrogen) atoms. The number of anilines is 1. The minimum Gasteiger partial charge on any atom is -0.465 e. The van der Waals surface area contributed by atoms with E-state index in [1.165, 1.54) is 4.90 Å². The fraction of sp³-hybridized carbons (Fsp3) is 0.273. The molecule has 2 aromatic carbocycles. The normalized spacial score (nSPS) is 11.2. The van der Waals surface area contributed by atoms with Gasteiger partial charge in [0.05, 0.1) is 19.1 Å². The summed E-state index contributed by atoms with van der Waals surface area (Å²) in [6.45, 7) is 0.900. The molecule has 1 atom stereocenters. The number of benzene rings is 2. The fourth-order valence-electron chi connectivity index (χ4n) is 2.83. The predicted molar refractivity (Wildman–Crippen MR) is 118 cm³/mol. The van der Waals surface area contributed by atoms with Gasteiger partial charge in [0.1, 0.15) is 6.54 Å². The van der Waals surface area contributed by atoms with Crippen LogP contribution in [0.5, 0.6) is 0 Å². The number of urea groups is 1. The van der Waals surface area contributed by atoms with Gasteiger partial charge in [0, 0.05) is 10.7 Å². The van der Waals surface area contributed by atoms with E-state index in [9.17, 15) is 19.2 Å². The number of hydrogen-bond donors (Lipinski definition) is 2. The maximum absolute atomic E-state index is 12.7. The van der Waals surface area contributed by atoms with Crippen LogP contribution in [0.4, 0.5) is 10.5 Å². The summed E-state index contributed by atoms with van der Waals surface area (Å²) in [5, 5.41) is 2.95. The number of halogens is 1. The average Bonchev–Trinajstić information content (AvgIpc) is 2.76. The zero-order valence-corrected chi connectivity index (χ0v) is 18.2. The second-order valence-corrected chi connectivity index (χ2v) is 7.03. The molecule has 0 heterocycles. The highest BCUT2D eigenvalue weighted by atomic mass is 35.5. The Morgan fingerprint density at radius 3 is 2.25 bits per heavy atom. The zero-order chi connectivity index (χ0) is 23.5. The van der Waals surface area contributed by atoms with Gasteiger partial charge >= 0.3 is 18.0 Å². The molecule has 0 unspecified atom stereocenters. The van der Waals surface area contributed by atoms with Gasteiger partial charge in [0.15, 0.2) is 6.61 Å². The van der Waals surface area contributed by atoms with E-state index < -0.39 is 36.5 Å². The van der Waals surface area contributed by atoms with Crippen molar-refractivity contribution in [2.24, 2.45) is 5.73 Å². The van der Waals surface area contributed by atoms with Gasteiger partial charge in [0.25, 0.3) is 5.91 Å². The van der Waals surface area contributed by atoms with Gasteiger partial charge in [-0.05, 0) is 36.8 Å². The molecule has 0 aromatic heterocycles.